The molecular weight excluding hydrogens is 659 g/mol. The molecule has 4 aromatic carbocycles. The van der Waals surface area contributed by atoms with E-state index in [1.807, 2.05) is 42.5 Å². The van der Waals surface area contributed by atoms with E-state index in [1.165, 1.54) is 22.0 Å². The molecule has 0 saturated carbocycles. The fourth-order valence-electron chi connectivity index (χ4n) is 4.11. The molecule has 220 valence electrons. The molecule has 5 N–H and O–H groups in total. The summed E-state index contributed by atoms with van der Waals surface area (Å²) in [6, 6.07) is 29.4. The van der Waals surface area contributed by atoms with Crippen LogP contribution < -0.4 is 20.7 Å². The number of fused-ring (bicyclic) bond motifs is 1. The summed E-state index contributed by atoms with van der Waals surface area (Å²) in [5, 5.41) is 19.0. The van der Waals surface area contributed by atoms with Crippen LogP contribution in [-0.4, -0.2) is 36.4 Å². The second kappa shape index (κ2) is 16.8. The zero-order valence-electron chi connectivity index (χ0n) is 23.4. The maximum Gasteiger partial charge on any atom is 0.488 e. The summed E-state index contributed by atoms with van der Waals surface area (Å²) < 4.78 is 11.1. The second-order valence-corrected chi connectivity index (χ2v) is 11.9. The number of ether oxygens (including phenoxy) is 2. The standard InChI is InChI=1S/C16H15NO.C8H11BO3.C8H7Br2N.CH4/c1-11-9-13(18-2)7-8-14(11)16-10-12-5-3-4-6-15(12)17-16;1-6-5-7(12-2)3-4-8(6)9(10)11;9-8(10)5-6-3-1-2-4-7(6)11;/h3-10,17H,1-2H3;3-5,10-11H,1-2H3;1-5H,11H2;1H4. The van der Waals surface area contributed by atoms with Crippen molar-refractivity contribution in [1.82, 2.24) is 4.98 Å². The summed E-state index contributed by atoms with van der Waals surface area (Å²) in [6.07, 6.45) is 1.91. The maximum atomic E-state index is 8.88. The highest BCUT2D eigenvalue weighted by molar-refractivity contribution is 9.28. The van der Waals surface area contributed by atoms with E-state index in [4.69, 9.17) is 25.3 Å². The van der Waals surface area contributed by atoms with Gasteiger partial charge in [-0.15, -0.1) is 0 Å². The normalized spacial score (nSPS) is 9.81. The van der Waals surface area contributed by atoms with Crippen molar-refractivity contribution in [2.75, 3.05) is 20.0 Å². The van der Waals surface area contributed by atoms with Gasteiger partial charge in [0.1, 0.15) is 11.5 Å². The van der Waals surface area contributed by atoms with E-state index in [0.717, 1.165) is 37.4 Å². The van der Waals surface area contributed by atoms with Crippen LogP contribution in [0.3, 0.4) is 0 Å². The number of methoxy groups -OCH3 is 2. The van der Waals surface area contributed by atoms with E-state index in [0.29, 0.717) is 5.46 Å². The number of rotatable bonds is 5. The van der Waals surface area contributed by atoms with Gasteiger partial charge in [-0.2, -0.15) is 0 Å². The highest BCUT2D eigenvalue weighted by Gasteiger charge is 2.13. The van der Waals surface area contributed by atoms with Gasteiger partial charge in [-0.25, -0.2) is 0 Å². The second-order valence-electron chi connectivity index (χ2n) is 9.11. The molecular formula is C33H37BBr2N2O4. The predicted octanol–water partition coefficient (Wildman–Crippen LogP) is 7.83. The largest absolute Gasteiger partial charge is 0.497 e. The van der Waals surface area contributed by atoms with Crippen LogP contribution in [0.2, 0.25) is 0 Å². The Kier molecular flexibility index (Phi) is 13.9. The third-order valence-corrected chi connectivity index (χ3v) is 6.73. The first-order chi connectivity index (χ1) is 19.6. The van der Waals surface area contributed by atoms with Gasteiger partial charge >= 0.3 is 7.12 Å². The first-order valence-corrected chi connectivity index (χ1v) is 14.3. The lowest BCUT2D eigenvalue weighted by atomic mass is 9.77. The maximum absolute atomic E-state index is 8.88. The Bertz CT molecular complexity index is 1580. The minimum absolute atomic E-state index is 0. The molecule has 0 spiro atoms. The Morgan fingerprint density at radius 1 is 0.810 bits per heavy atom. The number of nitrogen functional groups attached to an aromatic ring is 1. The van der Waals surface area contributed by atoms with Crippen molar-refractivity contribution in [2.24, 2.45) is 0 Å². The molecule has 9 heteroatoms. The van der Waals surface area contributed by atoms with Crippen LogP contribution in [0, 0.1) is 13.8 Å². The average Bonchev–Trinajstić information content (AvgIpc) is 3.38. The Hall–Kier alpha value is -3.50. The third kappa shape index (κ3) is 9.81. The highest BCUT2D eigenvalue weighted by Crippen LogP contribution is 2.29. The fraction of sp³-hybridized carbons (Fsp3) is 0.152. The van der Waals surface area contributed by atoms with E-state index in [2.05, 4.69) is 80.2 Å². The number of benzene rings is 4. The summed E-state index contributed by atoms with van der Waals surface area (Å²) in [7, 11) is 1.86. The smallest absolute Gasteiger partial charge is 0.488 e. The summed E-state index contributed by atoms with van der Waals surface area (Å²) in [5.74, 6) is 1.62. The molecule has 0 aliphatic rings. The molecule has 0 aliphatic heterocycles. The van der Waals surface area contributed by atoms with Gasteiger partial charge in [-0.1, -0.05) is 49.9 Å². The monoisotopic (exact) mass is 694 g/mol. The van der Waals surface area contributed by atoms with Gasteiger partial charge in [-0.3, -0.25) is 0 Å². The summed E-state index contributed by atoms with van der Waals surface area (Å²) in [4.78, 5) is 3.45. The molecule has 0 fully saturated rings. The molecule has 0 saturated heterocycles. The van der Waals surface area contributed by atoms with Crippen LogP contribution in [0.25, 0.3) is 28.2 Å². The third-order valence-electron chi connectivity index (χ3n) is 6.27. The molecule has 1 aromatic heterocycles. The first kappa shape index (κ1) is 34.7. The van der Waals surface area contributed by atoms with Gasteiger partial charge in [0.05, 0.1) is 17.6 Å². The van der Waals surface area contributed by atoms with Gasteiger partial charge < -0.3 is 30.2 Å². The minimum Gasteiger partial charge on any atom is -0.497 e. The number of nitrogens with two attached hydrogens (primary N) is 1. The van der Waals surface area contributed by atoms with Gasteiger partial charge in [0.2, 0.25) is 0 Å². The van der Waals surface area contributed by atoms with Crippen molar-refractivity contribution in [3.05, 3.63) is 111 Å². The number of aryl methyl sites for hydroxylation is 2. The van der Waals surface area contributed by atoms with Gasteiger partial charge in [0, 0.05) is 27.8 Å². The van der Waals surface area contributed by atoms with Crippen molar-refractivity contribution in [1.29, 1.82) is 0 Å². The predicted molar refractivity (Wildman–Crippen MR) is 186 cm³/mol. The zero-order valence-corrected chi connectivity index (χ0v) is 26.5. The lowest BCUT2D eigenvalue weighted by Crippen LogP contribution is -2.31. The van der Waals surface area contributed by atoms with E-state index >= 15 is 0 Å². The SMILES string of the molecule is C.COc1ccc(-c2cc3ccccc3[nH]2)c(C)c1.COc1ccc(B(O)O)c(C)c1.Nc1ccccc1C=C(Br)Br. The van der Waals surface area contributed by atoms with Crippen LogP contribution in [0.5, 0.6) is 11.5 Å². The highest BCUT2D eigenvalue weighted by atomic mass is 79.9. The quantitative estimate of drug-likeness (QED) is 0.111. The van der Waals surface area contributed by atoms with Crippen LogP contribution in [-0.2, 0) is 0 Å². The zero-order chi connectivity index (χ0) is 29.9. The molecule has 5 aromatic rings. The number of H-pyrrole nitrogens is 1. The molecule has 0 aliphatic carbocycles. The number of aromatic amines is 1. The molecule has 0 radical (unpaired) electrons. The number of hydrogen-bond donors (Lipinski definition) is 4. The Labute approximate surface area is 265 Å². The van der Waals surface area contributed by atoms with Gasteiger partial charge in [0.25, 0.3) is 0 Å². The fourth-order valence-corrected chi connectivity index (χ4v) is 4.60. The Morgan fingerprint density at radius 2 is 1.40 bits per heavy atom. The molecule has 0 bridgehead atoms. The summed E-state index contributed by atoms with van der Waals surface area (Å²) in [5.41, 5.74) is 13.5. The van der Waals surface area contributed by atoms with Crippen molar-refractivity contribution in [3.8, 4) is 22.8 Å². The summed E-state index contributed by atoms with van der Waals surface area (Å²) in [6.45, 7) is 3.90. The lowest BCUT2D eigenvalue weighted by molar-refractivity contribution is 0.413. The molecule has 5 rings (SSSR count). The average molecular weight is 696 g/mol. The Balaban J connectivity index is 0.000000228. The molecule has 6 nitrogen and oxygen atoms in total. The number of anilines is 1. The number of hydrogen-bond acceptors (Lipinski definition) is 5. The van der Waals surface area contributed by atoms with Crippen molar-refractivity contribution in [2.45, 2.75) is 21.3 Å². The van der Waals surface area contributed by atoms with E-state index in [-0.39, 0.29) is 7.43 Å². The van der Waals surface area contributed by atoms with Gasteiger partial charge in [0.15, 0.2) is 0 Å². The van der Waals surface area contributed by atoms with Crippen LogP contribution in [0.4, 0.5) is 5.69 Å². The van der Waals surface area contributed by atoms with Crippen molar-refractivity contribution < 1.29 is 19.5 Å². The Morgan fingerprint density at radius 3 is 1.95 bits per heavy atom. The molecule has 0 unspecified atom stereocenters. The first-order valence-electron chi connectivity index (χ1n) is 12.7. The number of aromatic nitrogens is 1. The molecule has 0 amide bonds. The molecule has 1 heterocycles. The van der Waals surface area contributed by atoms with Crippen molar-refractivity contribution >= 4 is 67.1 Å². The minimum atomic E-state index is -1.41. The lowest BCUT2D eigenvalue weighted by Gasteiger charge is -2.06. The number of halogens is 2. The molecule has 42 heavy (non-hydrogen) atoms. The van der Waals surface area contributed by atoms with Crippen LogP contribution in [0.1, 0.15) is 24.1 Å². The van der Waals surface area contributed by atoms with Crippen LogP contribution >= 0.6 is 31.9 Å². The summed E-state index contributed by atoms with van der Waals surface area (Å²) >= 11 is 6.53. The van der Waals surface area contributed by atoms with E-state index < -0.39 is 7.12 Å². The van der Waals surface area contributed by atoms with Crippen LogP contribution in [0.15, 0.2) is 94.4 Å². The van der Waals surface area contributed by atoms with E-state index in [1.54, 1.807) is 39.3 Å². The number of para-hydroxylation sites is 2. The molecule has 0 atom stereocenters. The number of nitrogens with one attached hydrogen (secondary N) is 1. The van der Waals surface area contributed by atoms with E-state index in [9.17, 15) is 0 Å². The topological polar surface area (TPSA) is 101 Å². The van der Waals surface area contributed by atoms with Gasteiger partial charge in [-0.05, 0) is 122 Å². The van der Waals surface area contributed by atoms with Crippen molar-refractivity contribution in [3.63, 3.8) is 0 Å².